The van der Waals surface area contributed by atoms with Crippen molar-refractivity contribution in [2.75, 3.05) is 13.7 Å². The summed E-state index contributed by atoms with van der Waals surface area (Å²) in [7, 11) is 1.55. The van der Waals surface area contributed by atoms with Crippen LogP contribution in [0.3, 0.4) is 0 Å². The molecule has 1 atom stereocenters. The van der Waals surface area contributed by atoms with Gasteiger partial charge in [-0.25, -0.2) is 0 Å². The van der Waals surface area contributed by atoms with E-state index in [2.05, 4.69) is 28.2 Å². The van der Waals surface area contributed by atoms with Crippen LogP contribution >= 0.6 is 15.9 Å². The van der Waals surface area contributed by atoms with Crippen LogP contribution in [-0.2, 0) is 5.54 Å². The molecule has 2 N–H and O–H groups in total. The highest BCUT2D eigenvalue weighted by Gasteiger charge is 2.32. The zero-order valence-electron chi connectivity index (χ0n) is 9.51. The number of phenols is 1. The molecule has 1 heterocycles. The standard InChI is InChI=1S/C12H16BrNO2/c1-12(4-3-5-14-12)8-6-10(15)11(16-2)7-9(8)13/h6-7,14-15H,3-5H2,1-2H3. The zero-order valence-corrected chi connectivity index (χ0v) is 11.1. The van der Waals surface area contributed by atoms with Crippen LogP contribution in [0.25, 0.3) is 0 Å². The van der Waals surface area contributed by atoms with Gasteiger partial charge in [-0.1, -0.05) is 15.9 Å². The number of ether oxygens (including phenoxy) is 1. The summed E-state index contributed by atoms with van der Waals surface area (Å²) >= 11 is 3.54. The summed E-state index contributed by atoms with van der Waals surface area (Å²) in [6, 6.07) is 3.59. The van der Waals surface area contributed by atoms with Crippen LogP contribution in [0.15, 0.2) is 16.6 Å². The Balaban J connectivity index is 2.45. The molecule has 0 aliphatic carbocycles. The van der Waals surface area contributed by atoms with Crippen molar-refractivity contribution in [1.82, 2.24) is 5.32 Å². The van der Waals surface area contributed by atoms with Gasteiger partial charge in [0.1, 0.15) is 0 Å². The van der Waals surface area contributed by atoms with E-state index in [1.54, 1.807) is 13.2 Å². The number of rotatable bonds is 2. The Morgan fingerprint density at radius 1 is 1.50 bits per heavy atom. The van der Waals surface area contributed by atoms with Crippen LogP contribution in [0, 0.1) is 0 Å². The Morgan fingerprint density at radius 3 is 2.81 bits per heavy atom. The van der Waals surface area contributed by atoms with E-state index < -0.39 is 0 Å². The van der Waals surface area contributed by atoms with Crippen molar-refractivity contribution in [1.29, 1.82) is 0 Å². The smallest absolute Gasteiger partial charge is 0.161 e. The molecule has 0 amide bonds. The van der Waals surface area contributed by atoms with Crippen molar-refractivity contribution in [3.05, 3.63) is 22.2 Å². The van der Waals surface area contributed by atoms with Crippen molar-refractivity contribution in [2.24, 2.45) is 0 Å². The van der Waals surface area contributed by atoms with Gasteiger partial charge in [0.2, 0.25) is 0 Å². The largest absolute Gasteiger partial charge is 0.504 e. The lowest BCUT2D eigenvalue weighted by atomic mass is 9.90. The van der Waals surface area contributed by atoms with E-state index >= 15 is 0 Å². The number of hydrogen-bond donors (Lipinski definition) is 2. The lowest BCUT2D eigenvalue weighted by Crippen LogP contribution is -2.33. The SMILES string of the molecule is COc1cc(Br)c(C2(C)CCCN2)cc1O. The fraction of sp³-hybridized carbons (Fsp3) is 0.500. The van der Waals surface area contributed by atoms with E-state index in [9.17, 15) is 5.11 Å². The molecule has 0 radical (unpaired) electrons. The molecule has 0 aromatic heterocycles. The van der Waals surface area contributed by atoms with Gasteiger partial charge < -0.3 is 15.2 Å². The summed E-state index contributed by atoms with van der Waals surface area (Å²) in [5.74, 6) is 0.688. The molecule has 2 rings (SSSR count). The lowest BCUT2D eigenvalue weighted by molar-refractivity contribution is 0.368. The van der Waals surface area contributed by atoms with Crippen molar-refractivity contribution < 1.29 is 9.84 Å². The number of benzene rings is 1. The number of phenolic OH excluding ortho intramolecular Hbond substituents is 1. The molecule has 1 aliphatic rings. The number of aromatic hydroxyl groups is 1. The minimum absolute atomic E-state index is 0.0530. The number of halogens is 1. The first kappa shape index (κ1) is 11.7. The highest BCUT2D eigenvalue weighted by atomic mass is 79.9. The van der Waals surface area contributed by atoms with E-state index in [1.165, 1.54) is 0 Å². The molecule has 4 heteroatoms. The van der Waals surface area contributed by atoms with E-state index in [0.29, 0.717) is 5.75 Å². The second kappa shape index (κ2) is 4.26. The fourth-order valence-electron chi connectivity index (χ4n) is 2.25. The average molecular weight is 286 g/mol. The summed E-state index contributed by atoms with van der Waals surface area (Å²) in [5, 5.41) is 13.3. The van der Waals surface area contributed by atoms with Crippen LogP contribution in [0.1, 0.15) is 25.3 Å². The van der Waals surface area contributed by atoms with Crippen molar-refractivity contribution in [3.8, 4) is 11.5 Å². The van der Waals surface area contributed by atoms with Crippen LogP contribution in [0.4, 0.5) is 0 Å². The van der Waals surface area contributed by atoms with Crippen LogP contribution in [0.5, 0.6) is 11.5 Å². The van der Waals surface area contributed by atoms with Gasteiger partial charge in [0.15, 0.2) is 11.5 Å². The Labute approximate surface area is 104 Å². The Bertz CT molecular complexity index is 400. The minimum atomic E-state index is -0.0530. The third-order valence-corrected chi connectivity index (χ3v) is 3.89. The summed E-state index contributed by atoms with van der Waals surface area (Å²) in [6.07, 6.45) is 2.24. The topological polar surface area (TPSA) is 41.5 Å². The highest BCUT2D eigenvalue weighted by molar-refractivity contribution is 9.10. The van der Waals surface area contributed by atoms with Gasteiger partial charge in [0.05, 0.1) is 7.11 Å². The molecule has 1 aromatic carbocycles. The average Bonchev–Trinajstić information content (AvgIpc) is 2.69. The molecule has 88 valence electrons. The van der Waals surface area contributed by atoms with Crippen LogP contribution < -0.4 is 10.1 Å². The summed E-state index contributed by atoms with van der Waals surface area (Å²) in [5.41, 5.74) is 1.03. The lowest BCUT2D eigenvalue weighted by Gasteiger charge is -2.26. The molecule has 1 aromatic rings. The Hall–Kier alpha value is -0.740. The first-order chi connectivity index (χ1) is 7.57. The molecule has 1 unspecified atom stereocenters. The molecule has 0 saturated carbocycles. The molecule has 1 aliphatic heterocycles. The highest BCUT2D eigenvalue weighted by Crippen LogP contribution is 2.40. The predicted octanol–water partition coefficient (Wildman–Crippen LogP) is 2.76. The molecule has 3 nitrogen and oxygen atoms in total. The maximum atomic E-state index is 9.82. The Morgan fingerprint density at radius 2 is 2.25 bits per heavy atom. The number of nitrogens with one attached hydrogen (secondary N) is 1. The van der Waals surface area contributed by atoms with Gasteiger partial charge >= 0.3 is 0 Å². The quantitative estimate of drug-likeness (QED) is 0.878. The molecule has 0 spiro atoms. The van der Waals surface area contributed by atoms with Crippen LogP contribution in [-0.4, -0.2) is 18.8 Å². The first-order valence-corrected chi connectivity index (χ1v) is 6.18. The van der Waals surface area contributed by atoms with Gasteiger partial charge in [0, 0.05) is 10.0 Å². The van der Waals surface area contributed by atoms with Gasteiger partial charge in [-0.15, -0.1) is 0 Å². The number of hydrogen-bond acceptors (Lipinski definition) is 3. The van der Waals surface area contributed by atoms with E-state index in [-0.39, 0.29) is 11.3 Å². The molecule has 1 saturated heterocycles. The fourth-order valence-corrected chi connectivity index (χ4v) is 3.01. The second-order valence-electron chi connectivity index (χ2n) is 4.37. The molecular formula is C12H16BrNO2. The van der Waals surface area contributed by atoms with Gasteiger partial charge in [-0.2, -0.15) is 0 Å². The Kier molecular flexibility index (Phi) is 3.13. The maximum absolute atomic E-state index is 9.82. The summed E-state index contributed by atoms with van der Waals surface area (Å²) in [6.45, 7) is 3.18. The van der Waals surface area contributed by atoms with Gasteiger partial charge in [0.25, 0.3) is 0 Å². The van der Waals surface area contributed by atoms with Crippen molar-refractivity contribution in [3.63, 3.8) is 0 Å². The van der Waals surface area contributed by atoms with Gasteiger partial charge in [-0.3, -0.25) is 0 Å². The maximum Gasteiger partial charge on any atom is 0.161 e. The second-order valence-corrected chi connectivity index (χ2v) is 5.22. The monoisotopic (exact) mass is 285 g/mol. The van der Waals surface area contributed by atoms with Crippen molar-refractivity contribution in [2.45, 2.75) is 25.3 Å². The third kappa shape index (κ3) is 1.92. The van der Waals surface area contributed by atoms with E-state index in [1.807, 2.05) is 6.07 Å². The third-order valence-electron chi connectivity index (χ3n) is 3.23. The predicted molar refractivity (Wildman–Crippen MR) is 66.9 cm³/mol. The van der Waals surface area contributed by atoms with E-state index in [4.69, 9.17) is 4.74 Å². The van der Waals surface area contributed by atoms with Gasteiger partial charge in [-0.05, 0) is 44.0 Å². The number of methoxy groups -OCH3 is 1. The normalized spacial score (nSPS) is 24.7. The first-order valence-electron chi connectivity index (χ1n) is 5.39. The molecule has 0 bridgehead atoms. The molecule has 1 fully saturated rings. The minimum Gasteiger partial charge on any atom is -0.504 e. The van der Waals surface area contributed by atoms with E-state index in [0.717, 1.165) is 29.4 Å². The molecular weight excluding hydrogens is 270 g/mol. The summed E-state index contributed by atoms with van der Waals surface area (Å²) in [4.78, 5) is 0. The molecule has 16 heavy (non-hydrogen) atoms. The summed E-state index contributed by atoms with van der Waals surface area (Å²) < 4.78 is 6.05. The zero-order chi connectivity index (χ0) is 11.8. The van der Waals surface area contributed by atoms with Crippen LogP contribution in [0.2, 0.25) is 0 Å². The van der Waals surface area contributed by atoms with Crippen molar-refractivity contribution >= 4 is 15.9 Å².